The Labute approximate surface area is 75.3 Å². The molecule has 0 aliphatic carbocycles. The number of terminal acetylenes is 1. The fourth-order valence-electron chi connectivity index (χ4n) is 0.971. The number of rotatable bonds is 3. The van der Waals surface area contributed by atoms with E-state index in [0.717, 1.165) is 0 Å². The second-order valence-electron chi connectivity index (χ2n) is 2.37. The van der Waals surface area contributed by atoms with Crippen molar-refractivity contribution in [2.45, 2.75) is 13.0 Å². The Morgan fingerprint density at radius 2 is 2.08 bits per heavy atom. The Balaban J connectivity index is 2.85. The molecule has 13 heavy (non-hydrogen) atoms. The lowest BCUT2D eigenvalue weighted by atomic mass is 10.1. The highest BCUT2D eigenvalue weighted by Gasteiger charge is 2.07. The summed E-state index contributed by atoms with van der Waals surface area (Å²) >= 11 is 0. The molecule has 0 aliphatic heterocycles. The van der Waals surface area contributed by atoms with Crippen molar-refractivity contribution in [3.05, 3.63) is 29.8 Å². The zero-order chi connectivity index (χ0) is 9.68. The lowest BCUT2D eigenvalue weighted by Gasteiger charge is -2.07. The molecule has 1 aromatic carbocycles. The van der Waals surface area contributed by atoms with Gasteiger partial charge in [0.25, 0.3) is 0 Å². The fourth-order valence-corrected chi connectivity index (χ4v) is 0.971. The van der Waals surface area contributed by atoms with Crippen LogP contribution in [0.5, 0.6) is 5.75 Å². The molecule has 68 valence electrons. The molecule has 1 rings (SSSR count). The summed E-state index contributed by atoms with van der Waals surface area (Å²) in [6.45, 7) is -2.81. The fraction of sp³-hybridized carbons (Fsp3) is 0.200. The summed E-state index contributed by atoms with van der Waals surface area (Å²) in [5.41, 5.74) is 0.602. The standard InChI is InChI=1S/C10H8F2O/c1-2-5-8-6-3-4-7-9(8)13-10(11)12/h1,3-4,6-7,10H,5H2. The van der Waals surface area contributed by atoms with Gasteiger partial charge in [-0.25, -0.2) is 0 Å². The van der Waals surface area contributed by atoms with Crippen molar-refractivity contribution >= 4 is 0 Å². The van der Waals surface area contributed by atoms with Crippen molar-refractivity contribution in [2.24, 2.45) is 0 Å². The third kappa shape index (κ3) is 2.75. The monoisotopic (exact) mass is 182 g/mol. The number of benzene rings is 1. The molecule has 0 N–H and O–H groups in total. The highest BCUT2D eigenvalue weighted by molar-refractivity contribution is 5.35. The van der Waals surface area contributed by atoms with E-state index in [0.29, 0.717) is 12.0 Å². The highest BCUT2D eigenvalue weighted by atomic mass is 19.3. The smallest absolute Gasteiger partial charge is 0.387 e. The van der Waals surface area contributed by atoms with Crippen LogP contribution in [0.25, 0.3) is 0 Å². The van der Waals surface area contributed by atoms with Crippen LogP contribution < -0.4 is 4.74 Å². The summed E-state index contributed by atoms with van der Waals surface area (Å²) in [4.78, 5) is 0. The van der Waals surface area contributed by atoms with Crippen LogP contribution in [0.4, 0.5) is 8.78 Å². The molecule has 0 radical (unpaired) electrons. The Morgan fingerprint density at radius 1 is 1.38 bits per heavy atom. The van der Waals surface area contributed by atoms with Gasteiger partial charge in [0.1, 0.15) is 5.75 Å². The molecule has 0 unspecified atom stereocenters. The summed E-state index contributed by atoms with van der Waals surface area (Å²) in [5, 5.41) is 0. The van der Waals surface area contributed by atoms with Crippen LogP contribution >= 0.6 is 0 Å². The van der Waals surface area contributed by atoms with Gasteiger partial charge in [-0.2, -0.15) is 8.78 Å². The molecule has 0 fully saturated rings. The van der Waals surface area contributed by atoms with E-state index in [2.05, 4.69) is 10.7 Å². The van der Waals surface area contributed by atoms with Gasteiger partial charge in [-0.05, 0) is 6.07 Å². The minimum Gasteiger partial charge on any atom is -0.435 e. The number of halogens is 2. The molecule has 0 saturated carbocycles. The normalized spacial score (nSPS) is 9.69. The van der Waals surface area contributed by atoms with Crippen molar-refractivity contribution in [1.82, 2.24) is 0 Å². The van der Waals surface area contributed by atoms with E-state index >= 15 is 0 Å². The van der Waals surface area contributed by atoms with Gasteiger partial charge in [0.15, 0.2) is 0 Å². The third-order valence-electron chi connectivity index (χ3n) is 1.48. The summed E-state index contributed by atoms with van der Waals surface area (Å²) in [6, 6.07) is 6.49. The first-order valence-corrected chi connectivity index (χ1v) is 3.70. The first-order chi connectivity index (χ1) is 6.24. The van der Waals surface area contributed by atoms with Crippen LogP contribution in [0.3, 0.4) is 0 Å². The number of para-hydroxylation sites is 1. The number of ether oxygens (including phenoxy) is 1. The zero-order valence-corrected chi connectivity index (χ0v) is 6.84. The van der Waals surface area contributed by atoms with Gasteiger partial charge in [0, 0.05) is 12.0 Å². The summed E-state index contributed by atoms with van der Waals surface area (Å²) < 4.78 is 28.0. The Bertz CT molecular complexity index is 315. The Kier molecular flexibility index (Phi) is 3.27. The number of hydrogen-bond acceptors (Lipinski definition) is 1. The molecule has 0 aromatic heterocycles. The van der Waals surface area contributed by atoms with Crippen molar-refractivity contribution < 1.29 is 13.5 Å². The van der Waals surface area contributed by atoms with Crippen molar-refractivity contribution in [3.8, 4) is 18.1 Å². The first-order valence-electron chi connectivity index (χ1n) is 3.70. The van der Waals surface area contributed by atoms with Gasteiger partial charge in [-0.15, -0.1) is 12.3 Å². The van der Waals surface area contributed by atoms with E-state index in [1.807, 2.05) is 0 Å². The predicted octanol–water partition coefficient (Wildman–Crippen LogP) is 2.46. The maximum Gasteiger partial charge on any atom is 0.387 e. The minimum atomic E-state index is -2.81. The van der Waals surface area contributed by atoms with Gasteiger partial charge >= 0.3 is 6.61 Å². The molecule has 0 amide bonds. The maximum atomic E-state index is 11.9. The third-order valence-corrected chi connectivity index (χ3v) is 1.48. The van der Waals surface area contributed by atoms with Crippen LogP contribution in [0.15, 0.2) is 24.3 Å². The van der Waals surface area contributed by atoms with Crippen LogP contribution in [0, 0.1) is 12.3 Å². The molecule has 3 heteroatoms. The largest absolute Gasteiger partial charge is 0.435 e. The van der Waals surface area contributed by atoms with E-state index in [9.17, 15) is 8.78 Å². The predicted molar refractivity (Wildman–Crippen MR) is 45.6 cm³/mol. The first kappa shape index (κ1) is 9.53. The molecule has 0 saturated heterocycles. The average molecular weight is 182 g/mol. The maximum absolute atomic E-state index is 11.9. The van der Waals surface area contributed by atoms with Crippen LogP contribution in [-0.2, 0) is 6.42 Å². The Hall–Kier alpha value is -1.56. The Morgan fingerprint density at radius 3 is 2.69 bits per heavy atom. The quantitative estimate of drug-likeness (QED) is 0.652. The molecular weight excluding hydrogens is 174 g/mol. The minimum absolute atomic E-state index is 0.149. The summed E-state index contributed by atoms with van der Waals surface area (Å²) in [6.07, 6.45) is 5.36. The molecule has 0 bridgehead atoms. The number of hydrogen-bond donors (Lipinski definition) is 0. The molecule has 0 aliphatic rings. The zero-order valence-electron chi connectivity index (χ0n) is 6.84. The molecule has 0 atom stereocenters. The second-order valence-corrected chi connectivity index (χ2v) is 2.37. The molecule has 0 heterocycles. The van der Waals surface area contributed by atoms with E-state index in [-0.39, 0.29) is 5.75 Å². The van der Waals surface area contributed by atoms with Gasteiger partial charge < -0.3 is 4.74 Å². The highest BCUT2D eigenvalue weighted by Crippen LogP contribution is 2.20. The lowest BCUT2D eigenvalue weighted by Crippen LogP contribution is -2.03. The number of alkyl halides is 2. The van der Waals surface area contributed by atoms with Gasteiger partial charge in [0.05, 0.1) is 0 Å². The van der Waals surface area contributed by atoms with Crippen molar-refractivity contribution in [1.29, 1.82) is 0 Å². The van der Waals surface area contributed by atoms with Crippen molar-refractivity contribution in [3.63, 3.8) is 0 Å². The van der Waals surface area contributed by atoms with Gasteiger partial charge in [0.2, 0.25) is 0 Å². The van der Waals surface area contributed by atoms with Gasteiger partial charge in [-0.1, -0.05) is 18.2 Å². The van der Waals surface area contributed by atoms with Gasteiger partial charge in [-0.3, -0.25) is 0 Å². The summed E-state index contributed by atoms with van der Waals surface area (Å²) in [5.74, 6) is 2.52. The van der Waals surface area contributed by atoms with E-state index in [1.54, 1.807) is 18.2 Å². The van der Waals surface area contributed by atoms with Crippen molar-refractivity contribution in [2.75, 3.05) is 0 Å². The van der Waals surface area contributed by atoms with E-state index in [4.69, 9.17) is 6.42 Å². The molecule has 1 aromatic rings. The lowest BCUT2D eigenvalue weighted by molar-refractivity contribution is -0.0503. The molecule has 0 spiro atoms. The average Bonchev–Trinajstić information content (AvgIpc) is 2.08. The SMILES string of the molecule is C#CCc1ccccc1OC(F)F. The second kappa shape index (κ2) is 4.46. The van der Waals surface area contributed by atoms with Crippen LogP contribution in [0.1, 0.15) is 5.56 Å². The van der Waals surface area contributed by atoms with E-state index in [1.165, 1.54) is 6.07 Å². The van der Waals surface area contributed by atoms with Crippen LogP contribution in [0.2, 0.25) is 0 Å². The molecular formula is C10H8F2O. The van der Waals surface area contributed by atoms with Crippen LogP contribution in [-0.4, -0.2) is 6.61 Å². The topological polar surface area (TPSA) is 9.23 Å². The summed E-state index contributed by atoms with van der Waals surface area (Å²) in [7, 11) is 0. The molecule has 1 nitrogen and oxygen atoms in total. The van der Waals surface area contributed by atoms with E-state index < -0.39 is 6.61 Å².